The van der Waals surface area contributed by atoms with Crippen molar-refractivity contribution in [1.29, 1.82) is 0 Å². The molecule has 0 aliphatic rings. The Morgan fingerprint density at radius 3 is 2.75 bits per heavy atom. The predicted molar refractivity (Wildman–Crippen MR) is 77.0 cm³/mol. The summed E-state index contributed by atoms with van der Waals surface area (Å²) >= 11 is 0. The molecule has 104 valence electrons. The first-order valence-electron chi connectivity index (χ1n) is 6.44. The van der Waals surface area contributed by atoms with Gasteiger partial charge in [-0.25, -0.2) is 0 Å². The summed E-state index contributed by atoms with van der Waals surface area (Å²) in [6.45, 7) is 2.08. The minimum absolute atomic E-state index is 0.191. The monoisotopic (exact) mass is 271 g/mol. The van der Waals surface area contributed by atoms with Gasteiger partial charge in [-0.1, -0.05) is 19.1 Å². The van der Waals surface area contributed by atoms with Crippen LogP contribution >= 0.6 is 0 Å². The Bertz CT molecular complexity index is 600. The Kier molecular flexibility index (Phi) is 4.65. The summed E-state index contributed by atoms with van der Waals surface area (Å²) in [5.41, 5.74) is 2.75. The minimum Gasteiger partial charge on any atom is -0.461 e. The number of carbonyl (C=O) groups excluding carboxylic acids is 1. The highest BCUT2D eigenvalue weighted by atomic mass is 16.5. The van der Waals surface area contributed by atoms with Gasteiger partial charge in [0.25, 0.3) is 0 Å². The van der Waals surface area contributed by atoms with Gasteiger partial charge in [-0.15, -0.1) is 0 Å². The van der Waals surface area contributed by atoms with Gasteiger partial charge in [0.2, 0.25) is 0 Å². The van der Waals surface area contributed by atoms with E-state index in [0.717, 1.165) is 16.8 Å². The highest BCUT2D eigenvalue weighted by Crippen LogP contribution is 2.14. The molecule has 0 atom stereocenters. The number of hydrogen-bond acceptors (Lipinski definition) is 4. The van der Waals surface area contributed by atoms with E-state index >= 15 is 0 Å². The number of nitrogens with zero attached hydrogens (tertiary/aromatic N) is 3. The number of rotatable bonds is 5. The van der Waals surface area contributed by atoms with Crippen LogP contribution in [0.1, 0.15) is 24.5 Å². The van der Waals surface area contributed by atoms with Gasteiger partial charge in [0.05, 0.1) is 11.9 Å². The van der Waals surface area contributed by atoms with Crippen molar-refractivity contribution in [2.45, 2.75) is 20.0 Å². The van der Waals surface area contributed by atoms with Gasteiger partial charge in [-0.05, 0) is 17.7 Å². The maximum Gasteiger partial charge on any atom is 0.305 e. The van der Waals surface area contributed by atoms with Crippen molar-refractivity contribution < 1.29 is 9.53 Å². The third-order valence-electron chi connectivity index (χ3n) is 2.71. The average molecular weight is 271 g/mol. The van der Waals surface area contributed by atoms with Crippen LogP contribution in [0.3, 0.4) is 0 Å². The van der Waals surface area contributed by atoms with Crippen molar-refractivity contribution in [2.24, 2.45) is 12.0 Å². The van der Waals surface area contributed by atoms with Crippen LogP contribution in [-0.2, 0) is 23.2 Å². The Labute approximate surface area is 117 Å². The molecule has 1 aromatic heterocycles. The molecule has 0 radical (unpaired) electrons. The molecular formula is C15H17N3O2. The molecular weight excluding hydrogens is 254 g/mol. The first kappa shape index (κ1) is 14.0. The van der Waals surface area contributed by atoms with Crippen molar-refractivity contribution in [3.63, 3.8) is 0 Å². The zero-order chi connectivity index (χ0) is 14.4. The summed E-state index contributed by atoms with van der Waals surface area (Å²) in [6.07, 6.45) is 5.80. The molecule has 0 fully saturated rings. The van der Waals surface area contributed by atoms with E-state index in [-0.39, 0.29) is 5.97 Å². The van der Waals surface area contributed by atoms with Gasteiger partial charge in [0, 0.05) is 31.4 Å². The molecule has 0 N–H and O–H groups in total. The fourth-order valence-corrected chi connectivity index (χ4v) is 1.60. The van der Waals surface area contributed by atoms with E-state index < -0.39 is 0 Å². The summed E-state index contributed by atoms with van der Waals surface area (Å²) in [7, 11) is 1.86. The number of aromatic nitrogens is 2. The van der Waals surface area contributed by atoms with Crippen molar-refractivity contribution in [3.05, 3.63) is 47.8 Å². The van der Waals surface area contributed by atoms with E-state index in [2.05, 4.69) is 10.1 Å². The topological polar surface area (TPSA) is 56.5 Å². The van der Waals surface area contributed by atoms with Gasteiger partial charge in [0.15, 0.2) is 0 Å². The van der Waals surface area contributed by atoms with Crippen LogP contribution in [0.25, 0.3) is 0 Å². The smallest absolute Gasteiger partial charge is 0.305 e. The average Bonchev–Trinajstić information content (AvgIpc) is 2.89. The molecule has 0 spiro atoms. The number of aliphatic imine (C=N–C) groups is 1. The Hall–Kier alpha value is -2.43. The second-order valence-electron chi connectivity index (χ2n) is 4.39. The van der Waals surface area contributed by atoms with E-state index in [4.69, 9.17) is 4.74 Å². The second-order valence-corrected chi connectivity index (χ2v) is 4.39. The highest BCUT2D eigenvalue weighted by molar-refractivity contribution is 5.81. The standard InChI is InChI=1S/C15H17N3O2/c1-3-15(19)20-11-12-4-6-14(7-5-12)16-8-13-9-17-18(2)10-13/h4-10H,3,11H2,1-2H3. The van der Waals surface area contributed by atoms with E-state index in [1.807, 2.05) is 37.5 Å². The fourth-order valence-electron chi connectivity index (χ4n) is 1.60. The highest BCUT2D eigenvalue weighted by Gasteiger charge is 1.99. The Balaban J connectivity index is 1.94. The molecule has 5 heteroatoms. The van der Waals surface area contributed by atoms with Crippen LogP contribution in [0.4, 0.5) is 5.69 Å². The third-order valence-corrected chi connectivity index (χ3v) is 2.71. The van der Waals surface area contributed by atoms with E-state index in [1.54, 1.807) is 24.0 Å². The Morgan fingerprint density at radius 2 is 2.15 bits per heavy atom. The molecule has 0 amide bonds. The number of ether oxygens (including phenoxy) is 1. The molecule has 0 aliphatic heterocycles. The van der Waals surface area contributed by atoms with E-state index in [9.17, 15) is 4.79 Å². The zero-order valence-electron chi connectivity index (χ0n) is 11.6. The lowest BCUT2D eigenvalue weighted by molar-refractivity contribution is -0.144. The SMILES string of the molecule is CCC(=O)OCc1ccc(N=Cc2cnn(C)c2)cc1. The minimum atomic E-state index is -0.191. The van der Waals surface area contributed by atoms with Crippen LogP contribution < -0.4 is 0 Å². The maximum atomic E-state index is 11.1. The number of carbonyl (C=O) groups is 1. The largest absolute Gasteiger partial charge is 0.461 e. The summed E-state index contributed by atoms with van der Waals surface area (Å²) in [5.74, 6) is -0.191. The Morgan fingerprint density at radius 1 is 1.40 bits per heavy atom. The van der Waals surface area contributed by atoms with Crippen LogP contribution in [0.2, 0.25) is 0 Å². The summed E-state index contributed by atoms with van der Waals surface area (Å²) in [4.78, 5) is 15.4. The van der Waals surface area contributed by atoms with Crippen molar-refractivity contribution in [3.8, 4) is 0 Å². The third kappa shape index (κ3) is 4.05. The quantitative estimate of drug-likeness (QED) is 0.620. The van der Waals surface area contributed by atoms with Gasteiger partial charge < -0.3 is 4.74 Å². The lowest BCUT2D eigenvalue weighted by Crippen LogP contribution is -2.01. The summed E-state index contributed by atoms with van der Waals surface area (Å²) in [5, 5.41) is 4.07. The van der Waals surface area contributed by atoms with Crippen LogP contribution in [0.15, 0.2) is 41.7 Å². The van der Waals surface area contributed by atoms with E-state index in [0.29, 0.717) is 13.0 Å². The number of hydrogen-bond donors (Lipinski definition) is 0. The van der Waals surface area contributed by atoms with Gasteiger partial charge in [-0.3, -0.25) is 14.5 Å². The van der Waals surface area contributed by atoms with Crippen LogP contribution in [0.5, 0.6) is 0 Å². The molecule has 5 nitrogen and oxygen atoms in total. The molecule has 20 heavy (non-hydrogen) atoms. The molecule has 2 rings (SSSR count). The number of esters is 1. The predicted octanol–water partition coefficient (Wildman–Crippen LogP) is 2.62. The molecule has 1 aromatic carbocycles. The summed E-state index contributed by atoms with van der Waals surface area (Å²) < 4.78 is 6.79. The lowest BCUT2D eigenvalue weighted by Gasteiger charge is -2.03. The fraction of sp³-hybridized carbons (Fsp3) is 0.267. The summed E-state index contributed by atoms with van der Waals surface area (Å²) in [6, 6.07) is 7.59. The van der Waals surface area contributed by atoms with Crippen LogP contribution in [0, 0.1) is 0 Å². The molecule has 0 bridgehead atoms. The second kappa shape index (κ2) is 6.65. The number of aryl methyl sites for hydroxylation is 1. The van der Waals surface area contributed by atoms with Gasteiger partial charge >= 0.3 is 5.97 Å². The van der Waals surface area contributed by atoms with Crippen molar-refractivity contribution >= 4 is 17.9 Å². The van der Waals surface area contributed by atoms with Crippen molar-refractivity contribution in [2.75, 3.05) is 0 Å². The molecule has 2 aromatic rings. The molecule has 0 aliphatic carbocycles. The maximum absolute atomic E-state index is 11.1. The first-order chi connectivity index (χ1) is 9.67. The van der Waals surface area contributed by atoms with Gasteiger partial charge in [-0.2, -0.15) is 5.10 Å². The normalized spacial score (nSPS) is 10.9. The van der Waals surface area contributed by atoms with Gasteiger partial charge in [0.1, 0.15) is 6.61 Å². The molecule has 0 saturated carbocycles. The molecule has 0 saturated heterocycles. The molecule has 1 heterocycles. The molecule has 0 unspecified atom stereocenters. The van der Waals surface area contributed by atoms with Crippen LogP contribution in [-0.4, -0.2) is 22.0 Å². The van der Waals surface area contributed by atoms with Crippen molar-refractivity contribution in [1.82, 2.24) is 9.78 Å². The first-order valence-corrected chi connectivity index (χ1v) is 6.44. The lowest BCUT2D eigenvalue weighted by atomic mass is 10.2. The van der Waals surface area contributed by atoms with E-state index in [1.165, 1.54) is 0 Å². The zero-order valence-corrected chi connectivity index (χ0v) is 11.6. The number of benzene rings is 1.